The molecule has 22 heavy (non-hydrogen) atoms. The zero-order valence-electron chi connectivity index (χ0n) is 15.0. The van der Waals surface area contributed by atoms with Crippen molar-refractivity contribution < 1.29 is 9.59 Å². The summed E-state index contributed by atoms with van der Waals surface area (Å²) in [6.07, 6.45) is 6.66. The second kappa shape index (κ2) is 9.16. The summed E-state index contributed by atoms with van der Waals surface area (Å²) < 4.78 is 0. The van der Waals surface area contributed by atoms with Gasteiger partial charge in [0.15, 0.2) is 0 Å². The van der Waals surface area contributed by atoms with Crippen LogP contribution in [0.15, 0.2) is 0 Å². The molecule has 0 aromatic rings. The summed E-state index contributed by atoms with van der Waals surface area (Å²) >= 11 is 0. The fraction of sp³-hybridized carbons (Fsp3) is 0.889. The maximum absolute atomic E-state index is 12.6. The first-order valence-electron chi connectivity index (χ1n) is 9.07. The Labute approximate surface area is 136 Å². The third kappa shape index (κ3) is 4.99. The van der Waals surface area contributed by atoms with Gasteiger partial charge in [-0.1, -0.05) is 19.3 Å². The Morgan fingerprint density at radius 2 is 1.09 bits per heavy atom. The molecule has 128 valence electrons. The Kier molecular flexibility index (Phi) is 7.91. The second-order valence-corrected chi connectivity index (χ2v) is 6.55. The molecule has 0 aromatic carbocycles. The van der Waals surface area contributed by atoms with Gasteiger partial charge in [-0.25, -0.2) is 0 Å². The maximum Gasteiger partial charge on any atom is 0.223 e. The molecule has 0 heterocycles. The van der Waals surface area contributed by atoms with Gasteiger partial charge < -0.3 is 9.80 Å². The van der Waals surface area contributed by atoms with E-state index in [1.165, 1.54) is 6.42 Å². The van der Waals surface area contributed by atoms with Gasteiger partial charge >= 0.3 is 0 Å². The van der Waals surface area contributed by atoms with Crippen molar-refractivity contribution in [3.05, 3.63) is 0 Å². The fourth-order valence-corrected chi connectivity index (χ4v) is 3.74. The van der Waals surface area contributed by atoms with E-state index in [1.807, 2.05) is 37.5 Å². The van der Waals surface area contributed by atoms with Crippen molar-refractivity contribution in [2.24, 2.45) is 5.41 Å². The van der Waals surface area contributed by atoms with Crippen molar-refractivity contribution in [2.75, 3.05) is 26.2 Å². The third-order valence-corrected chi connectivity index (χ3v) is 5.20. The molecule has 0 atom stereocenters. The Morgan fingerprint density at radius 1 is 0.727 bits per heavy atom. The minimum atomic E-state index is -0.0996. The van der Waals surface area contributed by atoms with Gasteiger partial charge in [0.25, 0.3) is 0 Å². The number of rotatable bonds is 8. The van der Waals surface area contributed by atoms with Crippen LogP contribution in [0.3, 0.4) is 0 Å². The smallest absolute Gasteiger partial charge is 0.223 e. The van der Waals surface area contributed by atoms with Gasteiger partial charge in [-0.2, -0.15) is 0 Å². The first-order chi connectivity index (χ1) is 10.5. The van der Waals surface area contributed by atoms with Crippen molar-refractivity contribution >= 4 is 11.8 Å². The monoisotopic (exact) mass is 310 g/mol. The van der Waals surface area contributed by atoms with Crippen LogP contribution >= 0.6 is 0 Å². The number of carbonyl (C=O) groups excluding carboxylic acids is 2. The molecule has 0 bridgehead atoms. The largest absolute Gasteiger partial charge is 0.343 e. The van der Waals surface area contributed by atoms with Gasteiger partial charge in [-0.05, 0) is 46.0 Å². The maximum atomic E-state index is 12.6. The van der Waals surface area contributed by atoms with Gasteiger partial charge in [-0.3, -0.25) is 9.59 Å². The summed E-state index contributed by atoms with van der Waals surface area (Å²) in [5.41, 5.74) is -0.0996. The SMILES string of the molecule is CCN(CC)C(=O)CC1(CC(=O)N(CC)CC)CCCCC1. The summed E-state index contributed by atoms with van der Waals surface area (Å²) in [4.78, 5) is 28.9. The highest BCUT2D eigenvalue weighted by Crippen LogP contribution is 2.43. The molecule has 0 aliphatic heterocycles. The number of hydrogen-bond acceptors (Lipinski definition) is 2. The van der Waals surface area contributed by atoms with Crippen molar-refractivity contribution in [2.45, 2.75) is 72.6 Å². The molecule has 2 amide bonds. The van der Waals surface area contributed by atoms with Gasteiger partial charge in [0.05, 0.1) is 0 Å². The van der Waals surface area contributed by atoms with E-state index in [0.717, 1.165) is 51.9 Å². The van der Waals surface area contributed by atoms with Gasteiger partial charge in [0.2, 0.25) is 11.8 Å². The molecule has 0 saturated heterocycles. The van der Waals surface area contributed by atoms with Crippen LogP contribution in [0.1, 0.15) is 72.6 Å². The Balaban J connectivity index is 2.81. The van der Waals surface area contributed by atoms with E-state index in [1.54, 1.807) is 0 Å². The molecule has 0 spiro atoms. The molecule has 4 nitrogen and oxygen atoms in total. The van der Waals surface area contributed by atoms with Crippen LogP contribution in [0.5, 0.6) is 0 Å². The molecule has 0 aromatic heterocycles. The molecule has 1 rings (SSSR count). The van der Waals surface area contributed by atoms with Crippen LogP contribution in [0.25, 0.3) is 0 Å². The first-order valence-corrected chi connectivity index (χ1v) is 9.07. The minimum Gasteiger partial charge on any atom is -0.343 e. The van der Waals surface area contributed by atoms with Crippen molar-refractivity contribution in [3.8, 4) is 0 Å². The average Bonchev–Trinajstić information content (AvgIpc) is 2.50. The van der Waals surface area contributed by atoms with Crippen LogP contribution < -0.4 is 0 Å². The summed E-state index contributed by atoms with van der Waals surface area (Å²) in [5, 5.41) is 0. The Hall–Kier alpha value is -1.06. The highest BCUT2D eigenvalue weighted by atomic mass is 16.2. The molecule has 0 unspecified atom stereocenters. The van der Waals surface area contributed by atoms with Gasteiger partial charge in [0.1, 0.15) is 0 Å². The van der Waals surface area contributed by atoms with Gasteiger partial charge in [0, 0.05) is 39.0 Å². The van der Waals surface area contributed by atoms with Crippen LogP contribution in [0, 0.1) is 5.41 Å². The molecule has 0 radical (unpaired) electrons. The molecule has 0 N–H and O–H groups in total. The normalized spacial score (nSPS) is 17.1. The molecule has 1 aliphatic carbocycles. The van der Waals surface area contributed by atoms with Crippen molar-refractivity contribution in [1.82, 2.24) is 9.80 Å². The van der Waals surface area contributed by atoms with Crippen LogP contribution in [-0.4, -0.2) is 47.8 Å². The van der Waals surface area contributed by atoms with Crippen LogP contribution in [0.4, 0.5) is 0 Å². The summed E-state index contributed by atoms with van der Waals surface area (Å²) in [7, 11) is 0. The molecule has 1 fully saturated rings. The number of nitrogens with zero attached hydrogens (tertiary/aromatic N) is 2. The zero-order chi connectivity index (χ0) is 16.6. The van der Waals surface area contributed by atoms with E-state index in [-0.39, 0.29) is 17.2 Å². The standard InChI is InChI=1S/C18H34N2O2/c1-5-19(6-2)16(21)14-18(12-10-9-11-13-18)15-17(22)20(7-3)8-4/h5-15H2,1-4H3. The van der Waals surface area contributed by atoms with Crippen molar-refractivity contribution in [3.63, 3.8) is 0 Å². The van der Waals surface area contributed by atoms with Crippen LogP contribution in [0.2, 0.25) is 0 Å². The molecular weight excluding hydrogens is 276 g/mol. The fourth-order valence-electron chi connectivity index (χ4n) is 3.74. The second-order valence-electron chi connectivity index (χ2n) is 6.55. The molecular formula is C18H34N2O2. The first kappa shape index (κ1) is 19.0. The van der Waals surface area contributed by atoms with E-state index < -0.39 is 0 Å². The molecule has 4 heteroatoms. The quantitative estimate of drug-likeness (QED) is 0.689. The lowest BCUT2D eigenvalue weighted by Crippen LogP contribution is -2.41. The lowest BCUT2D eigenvalue weighted by molar-refractivity contribution is -0.138. The number of amides is 2. The molecule has 1 saturated carbocycles. The lowest BCUT2D eigenvalue weighted by atomic mass is 9.69. The van der Waals surface area contributed by atoms with Gasteiger partial charge in [-0.15, -0.1) is 0 Å². The lowest BCUT2D eigenvalue weighted by Gasteiger charge is -2.39. The predicted octanol–water partition coefficient (Wildman–Crippen LogP) is 3.45. The predicted molar refractivity (Wildman–Crippen MR) is 90.6 cm³/mol. The van der Waals surface area contributed by atoms with E-state index in [0.29, 0.717) is 12.8 Å². The Morgan fingerprint density at radius 3 is 1.41 bits per heavy atom. The molecule has 1 aliphatic rings. The highest BCUT2D eigenvalue weighted by molar-refractivity contribution is 5.80. The average molecular weight is 310 g/mol. The van der Waals surface area contributed by atoms with E-state index in [9.17, 15) is 9.59 Å². The van der Waals surface area contributed by atoms with Crippen LogP contribution in [-0.2, 0) is 9.59 Å². The summed E-state index contributed by atoms with van der Waals surface area (Å²) in [5.74, 6) is 0.443. The van der Waals surface area contributed by atoms with Crippen molar-refractivity contribution in [1.29, 1.82) is 0 Å². The van der Waals surface area contributed by atoms with E-state index in [4.69, 9.17) is 0 Å². The topological polar surface area (TPSA) is 40.6 Å². The minimum absolute atomic E-state index is 0.0996. The highest BCUT2D eigenvalue weighted by Gasteiger charge is 2.38. The zero-order valence-corrected chi connectivity index (χ0v) is 15.0. The van der Waals surface area contributed by atoms with E-state index >= 15 is 0 Å². The summed E-state index contributed by atoms with van der Waals surface area (Å²) in [6, 6.07) is 0. The van der Waals surface area contributed by atoms with E-state index in [2.05, 4.69) is 0 Å². The third-order valence-electron chi connectivity index (χ3n) is 5.20. The summed E-state index contributed by atoms with van der Waals surface area (Å²) in [6.45, 7) is 11.1. The number of carbonyl (C=O) groups is 2. The number of hydrogen-bond donors (Lipinski definition) is 0. The Bertz CT molecular complexity index is 326.